The van der Waals surface area contributed by atoms with Gasteiger partial charge in [-0.3, -0.25) is 0 Å². The van der Waals surface area contributed by atoms with Gasteiger partial charge in [0, 0.05) is 23.8 Å². The van der Waals surface area contributed by atoms with E-state index >= 15 is 0 Å². The average molecular weight is 236 g/mol. The van der Waals surface area contributed by atoms with E-state index in [4.69, 9.17) is 11.6 Å². The summed E-state index contributed by atoms with van der Waals surface area (Å²) >= 11 is 5.85. The van der Waals surface area contributed by atoms with Gasteiger partial charge in [0.15, 0.2) is 0 Å². The Balaban J connectivity index is 2.33. The molecule has 0 saturated heterocycles. The standard InChI is InChI=1S/C12H14ClN3/c1-14-7-12-15-11(8-16(12)2)9-3-5-10(13)6-4-9/h3-6,8,14H,7H2,1-2H3. The van der Waals surface area contributed by atoms with Crippen LogP contribution in [-0.4, -0.2) is 16.6 Å². The van der Waals surface area contributed by atoms with Gasteiger partial charge in [0.25, 0.3) is 0 Å². The number of aromatic nitrogens is 2. The summed E-state index contributed by atoms with van der Waals surface area (Å²) in [7, 11) is 3.91. The van der Waals surface area contributed by atoms with E-state index in [0.717, 1.165) is 28.6 Å². The van der Waals surface area contributed by atoms with Gasteiger partial charge in [0.2, 0.25) is 0 Å². The van der Waals surface area contributed by atoms with Gasteiger partial charge in [0.1, 0.15) is 5.82 Å². The molecule has 0 aliphatic rings. The highest BCUT2D eigenvalue weighted by Gasteiger charge is 2.06. The first kappa shape index (κ1) is 11.2. The Bertz CT molecular complexity index is 474. The fourth-order valence-corrected chi connectivity index (χ4v) is 1.71. The molecule has 0 bridgehead atoms. The Labute approximate surface area is 100 Å². The molecule has 4 heteroatoms. The highest BCUT2D eigenvalue weighted by atomic mass is 35.5. The van der Waals surface area contributed by atoms with Crippen LogP contribution in [0.1, 0.15) is 5.82 Å². The van der Waals surface area contributed by atoms with E-state index in [1.807, 2.05) is 49.1 Å². The molecule has 3 nitrogen and oxygen atoms in total. The molecule has 1 aromatic heterocycles. The summed E-state index contributed by atoms with van der Waals surface area (Å²) in [6.07, 6.45) is 2.02. The maximum Gasteiger partial charge on any atom is 0.123 e. The van der Waals surface area contributed by atoms with Gasteiger partial charge in [-0.25, -0.2) is 4.98 Å². The number of hydrogen-bond acceptors (Lipinski definition) is 2. The lowest BCUT2D eigenvalue weighted by atomic mass is 10.2. The molecule has 84 valence electrons. The van der Waals surface area contributed by atoms with Crippen molar-refractivity contribution >= 4 is 11.6 Å². The van der Waals surface area contributed by atoms with Crippen molar-refractivity contribution in [2.75, 3.05) is 7.05 Å². The minimum atomic E-state index is 0.745. The third-order valence-electron chi connectivity index (χ3n) is 2.45. The van der Waals surface area contributed by atoms with Crippen LogP contribution in [0.2, 0.25) is 5.02 Å². The first-order valence-corrected chi connectivity index (χ1v) is 5.51. The Morgan fingerprint density at radius 2 is 2.00 bits per heavy atom. The SMILES string of the molecule is CNCc1nc(-c2ccc(Cl)cc2)cn1C. The molecule has 2 rings (SSSR count). The second-order valence-corrected chi connectivity index (χ2v) is 4.13. The predicted molar refractivity (Wildman–Crippen MR) is 66.4 cm³/mol. The van der Waals surface area contributed by atoms with Crippen LogP contribution in [0.4, 0.5) is 0 Å². The summed E-state index contributed by atoms with van der Waals surface area (Å²) in [6, 6.07) is 7.72. The van der Waals surface area contributed by atoms with Gasteiger partial charge >= 0.3 is 0 Å². The fourth-order valence-electron chi connectivity index (χ4n) is 1.59. The van der Waals surface area contributed by atoms with E-state index in [-0.39, 0.29) is 0 Å². The van der Waals surface area contributed by atoms with Gasteiger partial charge in [-0.2, -0.15) is 0 Å². The fraction of sp³-hybridized carbons (Fsp3) is 0.250. The molecular weight excluding hydrogens is 222 g/mol. The molecule has 16 heavy (non-hydrogen) atoms. The molecule has 1 heterocycles. The van der Waals surface area contributed by atoms with Crippen molar-refractivity contribution in [2.45, 2.75) is 6.54 Å². The summed E-state index contributed by atoms with van der Waals surface area (Å²) in [6.45, 7) is 0.768. The lowest BCUT2D eigenvalue weighted by Crippen LogP contribution is -2.09. The molecule has 0 saturated carbocycles. The normalized spacial score (nSPS) is 10.7. The van der Waals surface area contributed by atoms with Gasteiger partial charge < -0.3 is 9.88 Å². The van der Waals surface area contributed by atoms with Crippen molar-refractivity contribution in [3.63, 3.8) is 0 Å². The Morgan fingerprint density at radius 3 is 2.62 bits per heavy atom. The predicted octanol–water partition coefficient (Wildman–Crippen LogP) is 2.46. The van der Waals surface area contributed by atoms with Crippen LogP contribution in [0.25, 0.3) is 11.3 Å². The number of hydrogen-bond donors (Lipinski definition) is 1. The number of imidazole rings is 1. The Morgan fingerprint density at radius 1 is 1.31 bits per heavy atom. The third-order valence-corrected chi connectivity index (χ3v) is 2.70. The summed E-state index contributed by atoms with van der Waals surface area (Å²) in [4.78, 5) is 4.56. The van der Waals surface area contributed by atoms with E-state index in [9.17, 15) is 0 Å². The molecule has 0 radical (unpaired) electrons. The Hall–Kier alpha value is -1.32. The molecular formula is C12H14ClN3. The second-order valence-electron chi connectivity index (χ2n) is 3.69. The number of nitrogens with zero attached hydrogens (tertiary/aromatic N) is 2. The van der Waals surface area contributed by atoms with Crippen LogP contribution < -0.4 is 5.32 Å². The number of nitrogens with one attached hydrogen (secondary N) is 1. The number of aryl methyl sites for hydroxylation is 1. The van der Waals surface area contributed by atoms with Crippen molar-refractivity contribution in [1.29, 1.82) is 0 Å². The van der Waals surface area contributed by atoms with E-state index in [0.29, 0.717) is 0 Å². The first-order chi connectivity index (χ1) is 7.70. The largest absolute Gasteiger partial charge is 0.336 e. The van der Waals surface area contributed by atoms with Crippen LogP contribution in [-0.2, 0) is 13.6 Å². The molecule has 0 spiro atoms. The smallest absolute Gasteiger partial charge is 0.123 e. The molecule has 0 atom stereocenters. The molecule has 0 amide bonds. The minimum Gasteiger partial charge on any atom is -0.336 e. The number of halogens is 1. The van der Waals surface area contributed by atoms with Gasteiger partial charge in [0.05, 0.1) is 12.2 Å². The topological polar surface area (TPSA) is 29.9 Å². The molecule has 0 aliphatic heterocycles. The molecule has 0 fully saturated rings. The van der Waals surface area contributed by atoms with Crippen molar-refractivity contribution in [3.05, 3.63) is 41.3 Å². The van der Waals surface area contributed by atoms with E-state index < -0.39 is 0 Å². The average Bonchev–Trinajstić information content (AvgIpc) is 2.62. The summed E-state index contributed by atoms with van der Waals surface area (Å²) < 4.78 is 2.03. The molecule has 2 aromatic rings. The zero-order valence-electron chi connectivity index (χ0n) is 9.37. The van der Waals surface area contributed by atoms with Crippen LogP contribution >= 0.6 is 11.6 Å². The first-order valence-electron chi connectivity index (χ1n) is 5.13. The number of rotatable bonds is 3. The Kier molecular flexibility index (Phi) is 3.27. The van der Waals surface area contributed by atoms with Gasteiger partial charge in [-0.15, -0.1) is 0 Å². The minimum absolute atomic E-state index is 0.745. The lowest BCUT2D eigenvalue weighted by molar-refractivity contribution is 0.709. The maximum atomic E-state index is 5.85. The van der Waals surface area contributed by atoms with Crippen LogP contribution in [0, 0.1) is 0 Å². The highest BCUT2D eigenvalue weighted by Crippen LogP contribution is 2.20. The van der Waals surface area contributed by atoms with Crippen molar-refractivity contribution in [2.24, 2.45) is 7.05 Å². The van der Waals surface area contributed by atoms with Crippen molar-refractivity contribution in [3.8, 4) is 11.3 Å². The summed E-state index contributed by atoms with van der Waals surface area (Å²) in [5.74, 6) is 1.02. The third kappa shape index (κ3) is 2.26. The monoisotopic (exact) mass is 235 g/mol. The molecule has 1 N–H and O–H groups in total. The van der Waals surface area contributed by atoms with Crippen LogP contribution in [0.3, 0.4) is 0 Å². The van der Waals surface area contributed by atoms with E-state index in [1.54, 1.807) is 0 Å². The lowest BCUT2D eigenvalue weighted by Gasteiger charge is -1.97. The summed E-state index contributed by atoms with van der Waals surface area (Å²) in [5.41, 5.74) is 2.06. The van der Waals surface area contributed by atoms with Crippen molar-refractivity contribution < 1.29 is 0 Å². The van der Waals surface area contributed by atoms with E-state index in [2.05, 4.69) is 10.3 Å². The second kappa shape index (κ2) is 4.68. The molecule has 0 aliphatic carbocycles. The highest BCUT2D eigenvalue weighted by molar-refractivity contribution is 6.30. The zero-order chi connectivity index (χ0) is 11.5. The van der Waals surface area contributed by atoms with E-state index in [1.165, 1.54) is 0 Å². The van der Waals surface area contributed by atoms with Gasteiger partial charge in [-0.1, -0.05) is 23.7 Å². The van der Waals surface area contributed by atoms with Crippen LogP contribution in [0.15, 0.2) is 30.5 Å². The number of benzene rings is 1. The maximum absolute atomic E-state index is 5.85. The molecule has 1 aromatic carbocycles. The summed E-state index contributed by atoms with van der Waals surface area (Å²) in [5, 5.41) is 3.84. The van der Waals surface area contributed by atoms with Crippen molar-refractivity contribution in [1.82, 2.24) is 14.9 Å². The zero-order valence-corrected chi connectivity index (χ0v) is 10.1. The van der Waals surface area contributed by atoms with Gasteiger partial charge in [-0.05, 0) is 19.2 Å². The molecule has 0 unspecified atom stereocenters. The van der Waals surface area contributed by atoms with Crippen LogP contribution in [0.5, 0.6) is 0 Å². The quantitative estimate of drug-likeness (QED) is 0.886.